The Hall–Kier alpha value is -1.69. The molecule has 2 aromatic heterocycles. The Kier molecular flexibility index (Phi) is 4.89. The molecule has 20 heavy (non-hydrogen) atoms. The molecular weight excluding hydrogens is 272 g/mol. The highest BCUT2D eigenvalue weighted by Gasteiger charge is 2.16. The second kappa shape index (κ2) is 6.65. The minimum absolute atomic E-state index is 0.601. The number of rotatable bonds is 7. The maximum atomic E-state index is 11.0. The van der Waals surface area contributed by atoms with Crippen LogP contribution in [0.5, 0.6) is 0 Å². The van der Waals surface area contributed by atoms with E-state index < -0.39 is 0 Å². The van der Waals surface area contributed by atoms with E-state index in [0.717, 1.165) is 48.3 Å². The lowest BCUT2D eigenvalue weighted by Gasteiger charge is -2.23. The van der Waals surface area contributed by atoms with E-state index >= 15 is 0 Å². The van der Waals surface area contributed by atoms with Gasteiger partial charge in [0.15, 0.2) is 6.29 Å². The van der Waals surface area contributed by atoms with Gasteiger partial charge in [0.1, 0.15) is 10.6 Å². The molecule has 0 saturated heterocycles. The van der Waals surface area contributed by atoms with Crippen LogP contribution < -0.4 is 10.2 Å². The first-order valence-electron chi connectivity index (χ1n) is 6.92. The van der Waals surface area contributed by atoms with Crippen LogP contribution in [-0.4, -0.2) is 36.4 Å². The molecule has 108 valence electrons. The number of aromatic nitrogens is 2. The van der Waals surface area contributed by atoms with Gasteiger partial charge in [0.25, 0.3) is 0 Å². The van der Waals surface area contributed by atoms with Crippen molar-refractivity contribution in [3.63, 3.8) is 0 Å². The number of carbonyl (C=O) groups excluding carboxylic acids is 1. The number of nitrogens with zero attached hydrogens (tertiary/aromatic N) is 3. The van der Waals surface area contributed by atoms with Gasteiger partial charge in [-0.25, -0.2) is 4.98 Å². The molecule has 0 aliphatic heterocycles. The SMILES string of the molecule is CCCN(CCC)c1nc(NC)nc2sc(C=O)cc12. The zero-order valence-corrected chi connectivity index (χ0v) is 13.0. The Labute approximate surface area is 123 Å². The summed E-state index contributed by atoms with van der Waals surface area (Å²) >= 11 is 1.41. The lowest BCUT2D eigenvalue weighted by Crippen LogP contribution is -2.26. The molecule has 2 heterocycles. The summed E-state index contributed by atoms with van der Waals surface area (Å²) in [6.45, 7) is 6.22. The topological polar surface area (TPSA) is 58.1 Å². The number of hydrogen-bond acceptors (Lipinski definition) is 6. The number of hydrogen-bond donors (Lipinski definition) is 1. The monoisotopic (exact) mass is 292 g/mol. The number of carbonyl (C=O) groups is 1. The van der Waals surface area contributed by atoms with Crippen molar-refractivity contribution in [2.45, 2.75) is 26.7 Å². The molecule has 2 aromatic rings. The van der Waals surface area contributed by atoms with Gasteiger partial charge >= 0.3 is 0 Å². The molecule has 0 aliphatic rings. The molecule has 1 N–H and O–H groups in total. The molecule has 0 bridgehead atoms. The van der Waals surface area contributed by atoms with Gasteiger partial charge in [-0.3, -0.25) is 4.79 Å². The Morgan fingerprint density at radius 2 is 2.00 bits per heavy atom. The number of aldehydes is 1. The van der Waals surface area contributed by atoms with Gasteiger partial charge in [-0.1, -0.05) is 13.8 Å². The van der Waals surface area contributed by atoms with Crippen molar-refractivity contribution in [1.82, 2.24) is 9.97 Å². The van der Waals surface area contributed by atoms with Crippen molar-refractivity contribution in [3.05, 3.63) is 10.9 Å². The molecule has 0 spiro atoms. The highest BCUT2D eigenvalue weighted by molar-refractivity contribution is 7.20. The molecule has 0 saturated carbocycles. The van der Waals surface area contributed by atoms with Crippen LogP contribution in [0.25, 0.3) is 10.2 Å². The van der Waals surface area contributed by atoms with Crippen molar-refractivity contribution in [3.8, 4) is 0 Å². The van der Waals surface area contributed by atoms with Gasteiger partial charge in [-0.2, -0.15) is 4.98 Å². The summed E-state index contributed by atoms with van der Waals surface area (Å²) in [5.41, 5.74) is 0. The smallest absolute Gasteiger partial charge is 0.225 e. The maximum Gasteiger partial charge on any atom is 0.225 e. The molecule has 0 aromatic carbocycles. The van der Waals surface area contributed by atoms with Gasteiger partial charge in [-0.15, -0.1) is 11.3 Å². The summed E-state index contributed by atoms with van der Waals surface area (Å²) in [5, 5.41) is 3.97. The Morgan fingerprint density at radius 3 is 2.55 bits per heavy atom. The van der Waals surface area contributed by atoms with Crippen molar-refractivity contribution >= 4 is 39.6 Å². The third-order valence-electron chi connectivity index (χ3n) is 3.02. The molecular formula is C14H20N4OS. The molecule has 0 aliphatic carbocycles. The van der Waals surface area contributed by atoms with Crippen molar-refractivity contribution < 1.29 is 4.79 Å². The average molecular weight is 292 g/mol. The molecule has 6 heteroatoms. The van der Waals surface area contributed by atoms with Crippen molar-refractivity contribution in [2.24, 2.45) is 0 Å². The lowest BCUT2D eigenvalue weighted by atomic mass is 10.3. The molecule has 0 amide bonds. The number of thiophene rings is 1. The van der Waals surface area contributed by atoms with E-state index in [-0.39, 0.29) is 0 Å². The predicted molar refractivity (Wildman–Crippen MR) is 85.1 cm³/mol. The largest absolute Gasteiger partial charge is 0.357 e. The molecule has 0 unspecified atom stereocenters. The fraction of sp³-hybridized carbons (Fsp3) is 0.500. The minimum Gasteiger partial charge on any atom is -0.357 e. The highest BCUT2D eigenvalue weighted by Crippen LogP contribution is 2.31. The van der Waals surface area contributed by atoms with Crippen LogP contribution in [0, 0.1) is 0 Å². The zero-order valence-electron chi connectivity index (χ0n) is 12.1. The summed E-state index contributed by atoms with van der Waals surface area (Å²) in [7, 11) is 1.81. The van der Waals surface area contributed by atoms with Crippen LogP contribution in [0.3, 0.4) is 0 Å². The quantitative estimate of drug-likeness (QED) is 0.794. The Bertz CT molecular complexity index is 590. The zero-order chi connectivity index (χ0) is 14.5. The summed E-state index contributed by atoms with van der Waals surface area (Å²) in [6.07, 6.45) is 3.00. The first-order valence-corrected chi connectivity index (χ1v) is 7.74. The maximum absolute atomic E-state index is 11.0. The van der Waals surface area contributed by atoms with Gasteiger partial charge in [0.2, 0.25) is 5.95 Å². The van der Waals surface area contributed by atoms with E-state index in [1.54, 1.807) is 0 Å². The normalized spacial score (nSPS) is 10.8. The summed E-state index contributed by atoms with van der Waals surface area (Å²) in [4.78, 5) is 23.9. The summed E-state index contributed by atoms with van der Waals surface area (Å²) in [6, 6.07) is 1.89. The third-order valence-corrected chi connectivity index (χ3v) is 3.97. The second-order valence-electron chi connectivity index (χ2n) is 4.59. The van der Waals surface area contributed by atoms with E-state index in [2.05, 4.69) is 34.0 Å². The summed E-state index contributed by atoms with van der Waals surface area (Å²) in [5.74, 6) is 1.52. The van der Waals surface area contributed by atoms with Gasteiger partial charge in [0.05, 0.1) is 10.3 Å². The van der Waals surface area contributed by atoms with Gasteiger partial charge in [0, 0.05) is 20.1 Å². The van der Waals surface area contributed by atoms with Crippen molar-refractivity contribution in [2.75, 3.05) is 30.4 Å². The van der Waals surface area contributed by atoms with Gasteiger partial charge < -0.3 is 10.2 Å². The minimum atomic E-state index is 0.601. The van der Waals surface area contributed by atoms with Crippen LogP contribution in [0.2, 0.25) is 0 Å². The highest BCUT2D eigenvalue weighted by atomic mass is 32.1. The number of fused-ring (bicyclic) bond motifs is 1. The van der Waals surface area contributed by atoms with E-state index in [0.29, 0.717) is 10.8 Å². The molecule has 0 atom stereocenters. The van der Waals surface area contributed by atoms with Crippen LogP contribution in [0.4, 0.5) is 11.8 Å². The molecule has 2 rings (SSSR count). The Balaban J connectivity index is 2.57. The fourth-order valence-corrected chi connectivity index (χ4v) is 3.04. The number of nitrogens with one attached hydrogen (secondary N) is 1. The first kappa shape index (κ1) is 14.7. The van der Waals surface area contributed by atoms with Crippen LogP contribution >= 0.6 is 11.3 Å². The lowest BCUT2D eigenvalue weighted by molar-refractivity contribution is 0.112. The standard InChI is InChI=1S/C14H20N4OS/c1-4-6-18(7-5-2)12-11-8-10(9-19)20-13(11)17-14(15-3)16-12/h8-9H,4-7H2,1-3H3,(H,15,16,17). The fourth-order valence-electron chi connectivity index (χ4n) is 2.20. The Morgan fingerprint density at radius 1 is 1.30 bits per heavy atom. The van der Waals surface area contributed by atoms with Crippen LogP contribution in [-0.2, 0) is 0 Å². The summed E-state index contributed by atoms with van der Waals surface area (Å²) < 4.78 is 0. The first-order chi connectivity index (χ1) is 9.73. The molecule has 0 fully saturated rings. The van der Waals surface area contributed by atoms with Crippen LogP contribution in [0.15, 0.2) is 6.07 Å². The average Bonchev–Trinajstić information content (AvgIpc) is 2.89. The van der Waals surface area contributed by atoms with E-state index in [4.69, 9.17) is 0 Å². The third kappa shape index (κ3) is 2.90. The molecule has 5 nitrogen and oxygen atoms in total. The van der Waals surface area contributed by atoms with Crippen LogP contribution in [0.1, 0.15) is 36.4 Å². The van der Waals surface area contributed by atoms with E-state index in [1.165, 1.54) is 11.3 Å². The second-order valence-corrected chi connectivity index (χ2v) is 5.66. The van der Waals surface area contributed by atoms with Gasteiger partial charge in [-0.05, 0) is 18.9 Å². The molecule has 0 radical (unpaired) electrons. The number of anilines is 2. The van der Waals surface area contributed by atoms with E-state index in [1.807, 2.05) is 13.1 Å². The predicted octanol–water partition coefficient (Wildman–Crippen LogP) is 3.17. The van der Waals surface area contributed by atoms with E-state index in [9.17, 15) is 4.79 Å². The van der Waals surface area contributed by atoms with Crippen molar-refractivity contribution in [1.29, 1.82) is 0 Å².